The van der Waals surface area contributed by atoms with Gasteiger partial charge in [-0.1, -0.05) is 18.2 Å². The second-order valence-electron chi connectivity index (χ2n) is 8.33. The third-order valence-corrected chi connectivity index (χ3v) is 5.60. The summed E-state index contributed by atoms with van der Waals surface area (Å²) < 4.78 is 16.0. The first-order valence-corrected chi connectivity index (χ1v) is 10.9. The lowest BCUT2D eigenvalue weighted by molar-refractivity contribution is 0.612. The number of allylic oxidation sites excluding steroid dienone is 3. The minimum atomic E-state index is -0.507. The van der Waals surface area contributed by atoms with E-state index in [0.717, 1.165) is 12.6 Å². The molecule has 7 nitrogen and oxygen atoms in total. The number of hydrogen-bond donors (Lipinski definition) is 2. The van der Waals surface area contributed by atoms with Gasteiger partial charge in [0.2, 0.25) is 0 Å². The lowest BCUT2D eigenvalue weighted by atomic mass is 10.1. The van der Waals surface area contributed by atoms with Gasteiger partial charge in [-0.15, -0.1) is 0 Å². The second-order valence-corrected chi connectivity index (χ2v) is 8.33. The van der Waals surface area contributed by atoms with E-state index in [-0.39, 0.29) is 6.04 Å². The van der Waals surface area contributed by atoms with E-state index in [0.29, 0.717) is 34.9 Å². The summed E-state index contributed by atoms with van der Waals surface area (Å²) in [4.78, 5) is 20.7. The smallest absolute Gasteiger partial charge is 0.166 e. The highest BCUT2D eigenvalue weighted by molar-refractivity contribution is 5.86. The van der Waals surface area contributed by atoms with Crippen LogP contribution in [0.25, 0.3) is 27.6 Å². The summed E-state index contributed by atoms with van der Waals surface area (Å²) in [7, 11) is 0. The zero-order valence-corrected chi connectivity index (χ0v) is 19.4. The van der Waals surface area contributed by atoms with Gasteiger partial charge in [-0.2, -0.15) is 0 Å². The molecule has 0 atom stereocenters. The maximum absolute atomic E-state index is 14.0. The molecule has 170 valence electrons. The van der Waals surface area contributed by atoms with Crippen LogP contribution in [-0.2, 0) is 6.42 Å². The van der Waals surface area contributed by atoms with Crippen molar-refractivity contribution in [1.29, 1.82) is 0 Å². The Hall–Kier alpha value is -3.81. The largest absolute Gasteiger partial charge is 0.368 e. The topological polar surface area (TPSA) is 83.8 Å². The van der Waals surface area contributed by atoms with Crippen LogP contribution >= 0.6 is 0 Å². The van der Waals surface area contributed by atoms with E-state index in [1.807, 2.05) is 4.57 Å². The SMILES string of the molecule is C=N/C=C(F)\C=C(/C)c1nc(NCCc2c[nH]c3c(C)cccc23)c2ncn(C(C)C)c2n1. The highest BCUT2D eigenvalue weighted by Crippen LogP contribution is 2.26. The van der Waals surface area contributed by atoms with Gasteiger partial charge in [-0.25, -0.2) is 19.3 Å². The van der Waals surface area contributed by atoms with Gasteiger partial charge in [-0.3, -0.25) is 4.99 Å². The molecule has 3 heterocycles. The van der Waals surface area contributed by atoms with Crippen molar-refractivity contribution in [3.05, 3.63) is 65.8 Å². The van der Waals surface area contributed by atoms with Crippen molar-refractivity contribution in [2.45, 2.75) is 40.2 Å². The molecule has 2 N–H and O–H groups in total. The van der Waals surface area contributed by atoms with E-state index in [4.69, 9.17) is 0 Å². The van der Waals surface area contributed by atoms with Crippen molar-refractivity contribution in [2.75, 3.05) is 11.9 Å². The Morgan fingerprint density at radius 1 is 1.33 bits per heavy atom. The molecule has 0 unspecified atom stereocenters. The monoisotopic (exact) mass is 445 g/mol. The van der Waals surface area contributed by atoms with Crippen LogP contribution in [0, 0.1) is 6.92 Å². The Bertz CT molecular complexity index is 1370. The van der Waals surface area contributed by atoms with E-state index in [9.17, 15) is 4.39 Å². The summed E-state index contributed by atoms with van der Waals surface area (Å²) in [5.74, 6) is 0.555. The van der Waals surface area contributed by atoms with Crippen LogP contribution < -0.4 is 5.32 Å². The standard InChI is InChI=1S/C25H28FN7/c1-15(2)33-14-30-22-24(31-23(32-25(22)33)17(4)11-19(26)13-27-5)28-10-9-18-12-29-21-16(3)7-6-8-20(18)21/h6-8,11-15,29H,5,9-10H2,1-4H3,(H,28,31,32)/b17-11+,19-13+. The predicted molar refractivity (Wildman–Crippen MR) is 133 cm³/mol. The number of rotatable bonds is 8. The molecule has 0 aliphatic heterocycles. The maximum Gasteiger partial charge on any atom is 0.166 e. The summed E-state index contributed by atoms with van der Waals surface area (Å²) >= 11 is 0. The van der Waals surface area contributed by atoms with Crippen molar-refractivity contribution in [3.63, 3.8) is 0 Å². The molecule has 0 bridgehead atoms. The van der Waals surface area contributed by atoms with Crippen LogP contribution in [-0.4, -0.2) is 37.8 Å². The third-order valence-electron chi connectivity index (χ3n) is 5.60. The van der Waals surface area contributed by atoms with Gasteiger partial charge in [0.15, 0.2) is 17.3 Å². The highest BCUT2D eigenvalue weighted by atomic mass is 19.1. The number of aromatic nitrogens is 5. The zero-order chi connectivity index (χ0) is 23.5. The number of halogens is 1. The van der Waals surface area contributed by atoms with Crippen molar-refractivity contribution in [1.82, 2.24) is 24.5 Å². The first-order chi connectivity index (χ1) is 15.9. The molecule has 0 aliphatic rings. The molecule has 4 aromatic rings. The second kappa shape index (κ2) is 9.36. The number of para-hydroxylation sites is 1. The number of H-pyrrole nitrogens is 1. The molecular weight excluding hydrogens is 417 g/mol. The minimum absolute atomic E-state index is 0.172. The molecule has 0 aliphatic carbocycles. The molecule has 0 saturated heterocycles. The molecule has 0 saturated carbocycles. The van der Waals surface area contributed by atoms with Gasteiger partial charge in [0.25, 0.3) is 0 Å². The average Bonchev–Trinajstić information content (AvgIpc) is 3.39. The fraction of sp³-hybridized carbons (Fsp3) is 0.280. The normalized spacial score (nSPS) is 12.8. The van der Waals surface area contributed by atoms with Crippen LogP contribution in [0.5, 0.6) is 0 Å². The van der Waals surface area contributed by atoms with Crippen molar-refractivity contribution < 1.29 is 4.39 Å². The molecule has 33 heavy (non-hydrogen) atoms. The van der Waals surface area contributed by atoms with Gasteiger partial charge in [-0.05, 0) is 63.6 Å². The number of benzene rings is 1. The van der Waals surface area contributed by atoms with Gasteiger partial charge in [0, 0.05) is 29.7 Å². The first-order valence-electron chi connectivity index (χ1n) is 10.9. The number of aromatic amines is 1. The summed E-state index contributed by atoms with van der Waals surface area (Å²) in [6.07, 6.45) is 7.05. The van der Waals surface area contributed by atoms with Crippen LogP contribution in [0.3, 0.4) is 0 Å². The first kappa shape index (κ1) is 22.4. The number of fused-ring (bicyclic) bond motifs is 2. The molecule has 0 radical (unpaired) electrons. The molecule has 4 rings (SSSR count). The molecule has 0 spiro atoms. The Morgan fingerprint density at radius 3 is 2.91 bits per heavy atom. The van der Waals surface area contributed by atoms with Crippen LogP contribution in [0.1, 0.15) is 43.8 Å². The van der Waals surface area contributed by atoms with Crippen molar-refractivity contribution in [2.24, 2.45) is 4.99 Å². The molecule has 3 aromatic heterocycles. The van der Waals surface area contributed by atoms with E-state index in [1.165, 1.54) is 28.1 Å². The molecule has 0 amide bonds. The lowest BCUT2D eigenvalue weighted by Crippen LogP contribution is -2.10. The maximum atomic E-state index is 14.0. The Balaban J connectivity index is 1.66. The lowest BCUT2D eigenvalue weighted by Gasteiger charge is -2.11. The number of nitrogens with one attached hydrogen (secondary N) is 2. The number of nitrogens with zero attached hydrogens (tertiary/aromatic N) is 5. The van der Waals surface area contributed by atoms with Crippen LogP contribution in [0.2, 0.25) is 0 Å². The minimum Gasteiger partial charge on any atom is -0.368 e. The summed E-state index contributed by atoms with van der Waals surface area (Å²) in [6, 6.07) is 6.48. The van der Waals surface area contributed by atoms with E-state index in [1.54, 1.807) is 13.3 Å². The highest BCUT2D eigenvalue weighted by Gasteiger charge is 2.16. The van der Waals surface area contributed by atoms with Crippen molar-refractivity contribution in [3.8, 4) is 0 Å². The summed E-state index contributed by atoms with van der Waals surface area (Å²) in [6.45, 7) is 12.0. The van der Waals surface area contributed by atoms with Crippen LogP contribution in [0.4, 0.5) is 10.2 Å². The number of anilines is 1. The number of aliphatic imine (C=N–C) groups is 1. The van der Waals surface area contributed by atoms with Crippen LogP contribution in [0.15, 0.2) is 53.8 Å². The quantitative estimate of drug-likeness (QED) is 0.266. The molecule has 1 aromatic carbocycles. The third kappa shape index (κ3) is 4.55. The average molecular weight is 446 g/mol. The van der Waals surface area contributed by atoms with Gasteiger partial charge < -0.3 is 14.9 Å². The molecule has 8 heteroatoms. The number of imidazole rings is 1. The fourth-order valence-corrected chi connectivity index (χ4v) is 3.88. The van der Waals surface area contributed by atoms with Gasteiger partial charge in [0.1, 0.15) is 11.3 Å². The molecule has 0 fully saturated rings. The number of hydrogen-bond acceptors (Lipinski definition) is 5. The number of aryl methyl sites for hydroxylation is 1. The van der Waals surface area contributed by atoms with Gasteiger partial charge in [0.05, 0.1) is 12.5 Å². The van der Waals surface area contributed by atoms with E-state index in [2.05, 4.69) is 82.1 Å². The summed E-state index contributed by atoms with van der Waals surface area (Å²) in [5.41, 5.74) is 5.61. The van der Waals surface area contributed by atoms with E-state index >= 15 is 0 Å². The van der Waals surface area contributed by atoms with Crippen molar-refractivity contribution >= 4 is 40.2 Å². The molecular formula is C25H28FN7. The van der Waals surface area contributed by atoms with Gasteiger partial charge >= 0.3 is 0 Å². The predicted octanol–water partition coefficient (Wildman–Crippen LogP) is 5.77. The fourth-order valence-electron chi connectivity index (χ4n) is 3.88. The van der Waals surface area contributed by atoms with E-state index < -0.39 is 5.83 Å². The Morgan fingerprint density at radius 2 is 2.15 bits per heavy atom. The zero-order valence-electron chi connectivity index (χ0n) is 19.4. The Kier molecular flexibility index (Phi) is 6.35. The summed E-state index contributed by atoms with van der Waals surface area (Å²) in [5, 5.41) is 4.65. The Labute approximate surface area is 192 Å².